The molecule has 9 heteroatoms. The molecule has 3 aromatic rings. The van der Waals surface area contributed by atoms with Gasteiger partial charge in [-0.05, 0) is 12.1 Å². The average molecular weight is 383 g/mol. The molecule has 2 aromatic carbocycles. The van der Waals surface area contributed by atoms with Crippen LogP contribution >= 0.6 is 11.3 Å². The molecule has 1 heterocycles. The first-order chi connectivity index (χ1) is 12.4. The van der Waals surface area contributed by atoms with Crippen LogP contribution in [0.2, 0.25) is 0 Å². The second kappa shape index (κ2) is 7.20. The maximum atomic E-state index is 13.7. The molecule has 0 saturated carbocycles. The smallest absolute Gasteiger partial charge is 0.253 e. The Morgan fingerprint density at radius 1 is 1.00 bits per heavy atom. The quantitative estimate of drug-likeness (QED) is 0.364. The SMILES string of the molecule is Fc1c(C=NNc2nc(-c3ccccc3)cs2)ccc(C(F)(F)F)c1F. The summed E-state index contributed by atoms with van der Waals surface area (Å²) in [6.07, 6.45) is -4.07. The summed E-state index contributed by atoms with van der Waals surface area (Å²) in [6.45, 7) is 0. The average Bonchev–Trinajstić information content (AvgIpc) is 3.07. The first kappa shape index (κ1) is 18.0. The van der Waals surface area contributed by atoms with Crippen molar-refractivity contribution in [2.45, 2.75) is 6.18 Å². The third kappa shape index (κ3) is 3.88. The number of rotatable bonds is 4. The molecular weight excluding hydrogens is 373 g/mol. The molecule has 1 N–H and O–H groups in total. The van der Waals surface area contributed by atoms with E-state index in [4.69, 9.17) is 0 Å². The number of hydrogen-bond acceptors (Lipinski definition) is 4. The maximum absolute atomic E-state index is 13.7. The first-order valence-corrected chi connectivity index (χ1v) is 8.09. The third-order valence-electron chi connectivity index (χ3n) is 3.36. The molecule has 0 aliphatic rings. The second-order valence-electron chi connectivity index (χ2n) is 5.10. The van der Waals surface area contributed by atoms with Gasteiger partial charge in [0, 0.05) is 16.5 Å². The van der Waals surface area contributed by atoms with Gasteiger partial charge in [0.15, 0.2) is 11.6 Å². The Hall–Kier alpha value is -2.81. The topological polar surface area (TPSA) is 37.3 Å². The van der Waals surface area contributed by atoms with E-state index in [0.29, 0.717) is 16.9 Å². The molecule has 0 aliphatic heterocycles. The summed E-state index contributed by atoms with van der Waals surface area (Å²) in [6, 6.07) is 10.6. The highest BCUT2D eigenvalue weighted by Gasteiger charge is 2.35. The number of aromatic nitrogens is 1. The minimum atomic E-state index is -4.96. The number of anilines is 1. The van der Waals surface area contributed by atoms with Crippen molar-refractivity contribution in [2.24, 2.45) is 5.10 Å². The van der Waals surface area contributed by atoms with Crippen LogP contribution in [0.3, 0.4) is 0 Å². The van der Waals surface area contributed by atoms with Gasteiger partial charge in [-0.3, -0.25) is 5.43 Å². The van der Waals surface area contributed by atoms with Gasteiger partial charge in [0.25, 0.3) is 0 Å². The van der Waals surface area contributed by atoms with Gasteiger partial charge in [-0.25, -0.2) is 13.8 Å². The summed E-state index contributed by atoms with van der Waals surface area (Å²) >= 11 is 1.24. The van der Waals surface area contributed by atoms with Crippen LogP contribution in [0.4, 0.5) is 27.1 Å². The first-order valence-electron chi connectivity index (χ1n) is 7.21. The van der Waals surface area contributed by atoms with E-state index in [0.717, 1.165) is 17.8 Å². The molecule has 0 spiro atoms. The van der Waals surface area contributed by atoms with Crippen molar-refractivity contribution in [1.29, 1.82) is 0 Å². The standard InChI is InChI=1S/C17H10F5N3S/c18-14-11(6-7-12(15(14)19)17(20,21)22)8-23-25-16-24-13(9-26-16)10-4-2-1-3-5-10/h1-9H,(H,24,25). The predicted octanol–water partition coefficient (Wildman–Crippen LogP) is 5.55. The molecule has 0 saturated heterocycles. The van der Waals surface area contributed by atoms with Crippen molar-refractivity contribution >= 4 is 22.7 Å². The van der Waals surface area contributed by atoms with Gasteiger partial charge in [0.05, 0.1) is 17.5 Å². The molecular formula is C17H10F5N3S. The van der Waals surface area contributed by atoms with Gasteiger partial charge in [-0.1, -0.05) is 30.3 Å². The molecule has 0 unspecified atom stereocenters. The van der Waals surface area contributed by atoms with Crippen molar-refractivity contribution in [3.05, 3.63) is 70.6 Å². The highest BCUT2D eigenvalue weighted by atomic mass is 32.1. The molecule has 0 amide bonds. The third-order valence-corrected chi connectivity index (χ3v) is 4.10. The number of hydrazone groups is 1. The van der Waals surface area contributed by atoms with Gasteiger partial charge in [0.2, 0.25) is 5.13 Å². The molecule has 0 atom stereocenters. The van der Waals surface area contributed by atoms with E-state index in [1.807, 2.05) is 30.3 Å². The van der Waals surface area contributed by atoms with E-state index >= 15 is 0 Å². The van der Waals surface area contributed by atoms with Crippen molar-refractivity contribution in [1.82, 2.24) is 4.98 Å². The number of alkyl halides is 3. The normalized spacial score (nSPS) is 11.9. The Bertz CT molecular complexity index is 935. The molecule has 0 radical (unpaired) electrons. The van der Waals surface area contributed by atoms with Crippen LogP contribution in [0.15, 0.2) is 52.9 Å². The highest BCUT2D eigenvalue weighted by molar-refractivity contribution is 7.14. The lowest BCUT2D eigenvalue weighted by molar-refractivity contribution is -0.140. The number of hydrogen-bond donors (Lipinski definition) is 1. The molecule has 134 valence electrons. The number of nitrogens with one attached hydrogen (secondary N) is 1. The molecule has 26 heavy (non-hydrogen) atoms. The van der Waals surface area contributed by atoms with Gasteiger partial charge in [-0.15, -0.1) is 11.3 Å². The fraction of sp³-hybridized carbons (Fsp3) is 0.0588. The van der Waals surface area contributed by atoms with Crippen LogP contribution in [0.25, 0.3) is 11.3 Å². The minimum Gasteiger partial charge on any atom is -0.253 e. The maximum Gasteiger partial charge on any atom is 0.419 e. The van der Waals surface area contributed by atoms with E-state index in [1.165, 1.54) is 11.3 Å². The monoisotopic (exact) mass is 383 g/mol. The predicted molar refractivity (Wildman–Crippen MR) is 90.1 cm³/mol. The van der Waals surface area contributed by atoms with Crippen LogP contribution in [0.1, 0.15) is 11.1 Å². The largest absolute Gasteiger partial charge is 0.419 e. The zero-order valence-corrected chi connectivity index (χ0v) is 13.7. The Morgan fingerprint density at radius 2 is 1.73 bits per heavy atom. The lowest BCUT2D eigenvalue weighted by Crippen LogP contribution is -2.11. The fourth-order valence-corrected chi connectivity index (χ4v) is 2.78. The number of halogens is 5. The van der Waals surface area contributed by atoms with E-state index in [-0.39, 0.29) is 0 Å². The summed E-state index contributed by atoms with van der Waals surface area (Å²) in [5.74, 6) is -3.57. The lowest BCUT2D eigenvalue weighted by atomic mass is 10.1. The van der Waals surface area contributed by atoms with Crippen LogP contribution in [-0.2, 0) is 6.18 Å². The molecule has 3 rings (SSSR count). The van der Waals surface area contributed by atoms with E-state index in [9.17, 15) is 22.0 Å². The number of benzene rings is 2. The van der Waals surface area contributed by atoms with Crippen molar-refractivity contribution < 1.29 is 22.0 Å². The van der Waals surface area contributed by atoms with Crippen molar-refractivity contribution in [3.63, 3.8) is 0 Å². The second-order valence-corrected chi connectivity index (χ2v) is 5.96. The minimum absolute atomic E-state index is 0.396. The zero-order valence-electron chi connectivity index (χ0n) is 12.9. The van der Waals surface area contributed by atoms with Gasteiger partial charge in [0.1, 0.15) is 0 Å². The molecule has 0 bridgehead atoms. The summed E-state index contributed by atoms with van der Waals surface area (Å²) < 4.78 is 64.8. The Kier molecular flexibility index (Phi) is 4.99. The molecule has 1 aromatic heterocycles. The van der Waals surface area contributed by atoms with Gasteiger partial charge >= 0.3 is 6.18 Å². The van der Waals surface area contributed by atoms with E-state index in [2.05, 4.69) is 15.5 Å². The summed E-state index contributed by atoms with van der Waals surface area (Å²) in [5, 5.41) is 5.88. The van der Waals surface area contributed by atoms with E-state index in [1.54, 1.807) is 5.38 Å². The Morgan fingerprint density at radius 3 is 2.42 bits per heavy atom. The van der Waals surface area contributed by atoms with Gasteiger partial charge in [-0.2, -0.15) is 18.3 Å². The summed E-state index contributed by atoms with van der Waals surface area (Å²) in [5.41, 5.74) is 2.07. The lowest BCUT2D eigenvalue weighted by Gasteiger charge is -2.09. The number of thiazole rings is 1. The van der Waals surface area contributed by atoms with Crippen LogP contribution in [0, 0.1) is 11.6 Å². The van der Waals surface area contributed by atoms with E-state index < -0.39 is 28.9 Å². The number of nitrogens with zero attached hydrogens (tertiary/aromatic N) is 2. The molecule has 3 nitrogen and oxygen atoms in total. The summed E-state index contributed by atoms with van der Waals surface area (Å²) in [4.78, 5) is 4.28. The Balaban J connectivity index is 1.74. The highest BCUT2D eigenvalue weighted by Crippen LogP contribution is 2.32. The van der Waals surface area contributed by atoms with Gasteiger partial charge < -0.3 is 0 Å². The van der Waals surface area contributed by atoms with Crippen LogP contribution in [-0.4, -0.2) is 11.2 Å². The van der Waals surface area contributed by atoms with Crippen molar-refractivity contribution in [2.75, 3.05) is 5.43 Å². The summed E-state index contributed by atoms with van der Waals surface area (Å²) in [7, 11) is 0. The van der Waals surface area contributed by atoms with Crippen LogP contribution in [0.5, 0.6) is 0 Å². The van der Waals surface area contributed by atoms with Crippen molar-refractivity contribution in [3.8, 4) is 11.3 Å². The molecule has 0 fully saturated rings. The fourth-order valence-electron chi connectivity index (χ4n) is 2.11. The Labute approximate surface area is 148 Å². The zero-order chi connectivity index (χ0) is 18.7. The van der Waals surface area contributed by atoms with Crippen LogP contribution < -0.4 is 5.43 Å². The molecule has 0 aliphatic carbocycles.